The van der Waals surface area contributed by atoms with Crippen LogP contribution < -0.4 is 5.73 Å². The normalized spacial score (nSPS) is 21.8. The fraction of sp³-hybridized carbons (Fsp3) is 0.471. The summed E-state index contributed by atoms with van der Waals surface area (Å²) in [6.07, 6.45) is 1.92. The van der Waals surface area contributed by atoms with Gasteiger partial charge in [-0.25, -0.2) is 4.98 Å². The van der Waals surface area contributed by atoms with E-state index in [1.54, 1.807) is 18.4 Å². The number of fused-ring (bicyclic) bond motifs is 1. The van der Waals surface area contributed by atoms with Crippen molar-refractivity contribution in [2.24, 2.45) is 11.1 Å². The van der Waals surface area contributed by atoms with Crippen LogP contribution in [0.2, 0.25) is 0 Å². The quantitative estimate of drug-likeness (QED) is 0.937. The van der Waals surface area contributed by atoms with E-state index in [4.69, 9.17) is 15.5 Å². The van der Waals surface area contributed by atoms with E-state index in [1.807, 2.05) is 18.2 Å². The summed E-state index contributed by atoms with van der Waals surface area (Å²) < 4.78 is 5.69. The van der Waals surface area contributed by atoms with Gasteiger partial charge in [0.15, 0.2) is 0 Å². The SMILES string of the molecule is COC(c1ccccc1)c1nc2c(s1)C(N)CC(C)(C)C2. The Balaban J connectivity index is 1.97. The Morgan fingerprint density at radius 2 is 2.05 bits per heavy atom. The Morgan fingerprint density at radius 3 is 2.71 bits per heavy atom. The third-order valence-electron chi connectivity index (χ3n) is 4.06. The second kappa shape index (κ2) is 5.52. The third-order valence-corrected chi connectivity index (χ3v) is 5.33. The molecule has 21 heavy (non-hydrogen) atoms. The first-order chi connectivity index (χ1) is 10.00. The molecule has 4 heteroatoms. The van der Waals surface area contributed by atoms with Crippen LogP contribution in [0.3, 0.4) is 0 Å². The van der Waals surface area contributed by atoms with Crippen molar-refractivity contribution in [3.05, 3.63) is 51.5 Å². The zero-order valence-electron chi connectivity index (χ0n) is 12.8. The number of nitrogens with two attached hydrogens (primary N) is 1. The first kappa shape index (κ1) is 14.7. The first-order valence-electron chi connectivity index (χ1n) is 7.33. The Bertz CT molecular complexity index is 621. The van der Waals surface area contributed by atoms with Gasteiger partial charge >= 0.3 is 0 Å². The highest BCUT2D eigenvalue weighted by Crippen LogP contribution is 2.43. The van der Waals surface area contributed by atoms with Gasteiger partial charge in [-0.3, -0.25) is 0 Å². The third kappa shape index (κ3) is 2.89. The summed E-state index contributed by atoms with van der Waals surface area (Å²) in [6.45, 7) is 4.53. The molecular weight excluding hydrogens is 280 g/mol. The highest BCUT2D eigenvalue weighted by Gasteiger charge is 2.34. The summed E-state index contributed by atoms with van der Waals surface area (Å²) in [6, 6.07) is 10.3. The zero-order chi connectivity index (χ0) is 15.0. The molecule has 1 aliphatic rings. The molecule has 112 valence electrons. The van der Waals surface area contributed by atoms with Crippen molar-refractivity contribution in [3.63, 3.8) is 0 Å². The maximum absolute atomic E-state index is 6.35. The molecule has 3 rings (SSSR count). The zero-order valence-corrected chi connectivity index (χ0v) is 13.6. The minimum Gasteiger partial charge on any atom is -0.370 e. The smallest absolute Gasteiger partial charge is 0.134 e. The van der Waals surface area contributed by atoms with E-state index < -0.39 is 0 Å². The molecule has 0 radical (unpaired) electrons. The molecule has 2 aromatic rings. The predicted molar refractivity (Wildman–Crippen MR) is 86.4 cm³/mol. The molecule has 1 aromatic heterocycles. The molecule has 0 saturated heterocycles. The highest BCUT2D eigenvalue weighted by atomic mass is 32.1. The Labute approximate surface area is 130 Å². The molecule has 2 atom stereocenters. The summed E-state index contributed by atoms with van der Waals surface area (Å²) in [7, 11) is 1.74. The lowest BCUT2D eigenvalue weighted by Gasteiger charge is -2.32. The number of benzene rings is 1. The van der Waals surface area contributed by atoms with Crippen molar-refractivity contribution in [1.82, 2.24) is 4.98 Å². The van der Waals surface area contributed by atoms with E-state index in [2.05, 4.69) is 26.0 Å². The van der Waals surface area contributed by atoms with Crippen LogP contribution in [0.25, 0.3) is 0 Å². The molecule has 0 fully saturated rings. The number of aromatic nitrogens is 1. The molecular formula is C17H22N2OS. The van der Waals surface area contributed by atoms with Crippen molar-refractivity contribution in [2.45, 2.75) is 38.8 Å². The van der Waals surface area contributed by atoms with Gasteiger partial charge in [0.25, 0.3) is 0 Å². The molecule has 0 saturated carbocycles. The van der Waals surface area contributed by atoms with Gasteiger partial charge in [0.2, 0.25) is 0 Å². The molecule has 2 N–H and O–H groups in total. The van der Waals surface area contributed by atoms with Crippen LogP contribution >= 0.6 is 11.3 Å². The van der Waals surface area contributed by atoms with Crippen LogP contribution in [0, 0.1) is 5.41 Å². The summed E-state index contributed by atoms with van der Waals surface area (Å²) in [4.78, 5) is 6.10. The molecule has 1 aliphatic carbocycles. The van der Waals surface area contributed by atoms with Crippen LogP contribution in [0.15, 0.2) is 30.3 Å². The summed E-state index contributed by atoms with van der Waals surface area (Å²) in [5.74, 6) is 0. The number of ether oxygens (including phenoxy) is 1. The maximum Gasteiger partial charge on any atom is 0.134 e. The number of nitrogens with zero attached hydrogens (tertiary/aromatic N) is 1. The molecule has 2 unspecified atom stereocenters. The number of rotatable bonds is 3. The van der Waals surface area contributed by atoms with E-state index >= 15 is 0 Å². The van der Waals surface area contributed by atoms with Crippen LogP contribution in [0.5, 0.6) is 0 Å². The second-order valence-electron chi connectivity index (χ2n) is 6.54. The molecule has 0 bridgehead atoms. The largest absolute Gasteiger partial charge is 0.370 e. The predicted octanol–water partition coefficient (Wildman–Crippen LogP) is 3.85. The van der Waals surface area contributed by atoms with Gasteiger partial charge in [-0.1, -0.05) is 44.2 Å². The van der Waals surface area contributed by atoms with Crippen LogP contribution in [-0.4, -0.2) is 12.1 Å². The van der Waals surface area contributed by atoms with Gasteiger partial charge < -0.3 is 10.5 Å². The molecule has 0 aliphatic heterocycles. The topological polar surface area (TPSA) is 48.1 Å². The van der Waals surface area contributed by atoms with Crippen molar-refractivity contribution < 1.29 is 4.74 Å². The number of hydrogen-bond acceptors (Lipinski definition) is 4. The Kier molecular flexibility index (Phi) is 3.86. The number of methoxy groups -OCH3 is 1. The van der Waals surface area contributed by atoms with Crippen LogP contribution in [-0.2, 0) is 11.2 Å². The highest BCUT2D eigenvalue weighted by molar-refractivity contribution is 7.12. The van der Waals surface area contributed by atoms with Gasteiger partial charge in [-0.2, -0.15) is 0 Å². The minimum absolute atomic E-state index is 0.0999. The maximum atomic E-state index is 6.35. The van der Waals surface area contributed by atoms with Crippen molar-refractivity contribution in [2.75, 3.05) is 7.11 Å². The van der Waals surface area contributed by atoms with Crippen molar-refractivity contribution in [1.29, 1.82) is 0 Å². The lowest BCUT2D eigenvalue weighted by atomic mass is 9.77. The van der Waals surface area contributed by atoms with Gasteiger partial charge in [-0.15, -0.1) is 11.3 Å². The van der Waals surface area contributed by atoms with Gasteiger partial charge in [0.05, 0.1) is 5.69 Å². The van der Waals surface area contributed by atoms with E-state index in [0.29, 0.717) is 0 Å². The van der Waals surface area contributed by atoms with Crippen LogP contribution in [0.4, 0.5) is 0 Å². The molecule has 0 spiro atoms. The minimum atomic E-state index is -0.0999. The van der Waals surface area contributed by atoms with Crippen molar-refractivity contribution >= 4 is 11.3 Å². The average molecular weight is 302 g/mol. The molecule has 1 heterocycles. The molecule has 3 nitrogen and oxygen atoms in total. The summed E-state index contributed by atoms with van der Waals surface area (Å²) >= 11 is 1.71. The Morgan fingerprint density at radius 1 is 1.33 bits per heavy atom. The van der Waals surface area contributed by atoms with E-state index in [1.165, 1.54) is 4.88 Å². The van der Waals surface area contributed by atoms with Crippen molar-refractivity contribution in [3.8, 4) is 0 Å². The molecule has 1 aromatic carbocycles. The lowest BCUT2D eigenvalue weighted by Crippen LogP contribution is -2.28. The standard InChI is InChI=1S/C17H22N2OS/c1-17(2)9-12(18)15-13(10-17)19-16(21-15)14(20-3)11-7-5-4-6-8-11/h4-8,12,14H,9-10,18H2,1-3H3. The summed E-state index contributed by atoms with van der Waals surface area (Å²) in [5.41, 5.74) is 8.88. The van der Waals surface area contributed by atoms with Crippen LogP contribution in [0.1, 0.15) is 53.6 Å². The fourth-order valence-corrected chi connectivity index (χ4v) is 4.32. The second-order valence-corrected chi connectivity index (χ2v) is 7.60. The Hall–Kier alpha value is -1.23. The van der Waals surface area contributed by atoms with E-state index in [0.717, 1.165) is 29.1 Å². The van der Waals surface area contributed by atoms with Gasteiger partial charge in [0.1, 0.15) is 11.1 Å². The van der Waals surface area contributed by atoms with E-state index in [-0.39, 0.29) is 17.6 Å². The van der Waals surface area contributed by atoms with Gasteiger partial charge in [0, 0.05) is 18.0 Å². The lowest BCUT2D eigenvalue weighted by molar-refractivity contribution is 0.136. The fourth-order valence-electron chi connectivity index (χ4n) is 3.13. The first-order valence-corrected chi connectivity index (χ1v) is 8.14. The average Bonchev–Trinajstić information content (AvgIpc) is 2.83. The molecule has 0 amide bonds. The van der Waals surface area contributed by atoms with Gasteiger partial charge in [-0.05, 0) is 23.8 Å². The van der Waals surface area contributed by atoms with E-state index in [9.17, 15) is 0 Å². The summed E-state index contributed by atoms with van der Waals surface area (Å²) in [5, 5.41) is 1.02. The number of hydrogen-bond donors (Lipinski definition) is 1. The monoisotopic (exact) mass is 302 g/mol. The number of thiazole rings is 1.